The summed E-state index contributed by atoms with van der Waals surface area (Å²) in [5.74, 6) is -0.213. The molecule has 0 aliphatic carbocycles. The minimum atomic E-state index is -0.213. The Morgan fingerprint density at radius 1 is 1.29 bits per heavy atom. The van der Waals surface area contributed by atoms with E-state index in [1.54, 1.807) is 36.5 Å². The third-order valence-corrected chi connectivity index (χ3v) is 3.32. The normalized spacial score (nSPS) is 9.94. The Hall–Kier alpha value is -1.57. The van der Waals surface area contributed by atoms with E-state index in [0.29, 0.717) is 20.8 Å². The molecule has 0 fully saturated rings. The topological polar surface area (TPSA) is 45.8 Å². The van der Waals surface area contributed by atoms with Crippen molar-refractivity contribution in [3.8, 4) is 6.07 Å². The highest BCUT2D eigenvalue weighted by Crippen LogP contribution is 2.19. The first-order chi connectivity index (χ1) is 8.13. The molecule has 0 amide bonds. The minimum absolute atomic E-state index is 0.213. The SMILES string of the molecule is N#Cc1ccn(C(=O)c2ccc(Cl)cc2)c1Br. The van der Waals surface area contributed by atoms with E-state index in [1.807, 2.05) is 6.07 Å². The highest BCUT2D eigenvalue weighted by atomic mass is 79.9. The molecule has 0 radical (unpaired) electrons. The van der Waals surface area contributed by atoms with E-state index in [2.05, 4.69) is 15.9 Å². The summed E-state index contributed by atoms with van der Waals surface area (Å²) in [6, 6.07) is 10.2. The molecule has 0 bridgehead atoms. The van der Waals surface area contributed by atoms with Gasteiger partial charge in [-0.25, -0.2) is 0 Å². The molecule has 2 rings (SSSR count). The van der Waals surface area contributed by atoms with Gasteiger partial charge in [0.15, 0.2) is 0 Å². The van der Waals surface area contributed by atoms with Crippen molar-refractivity contribution < 1.29 is 4.79 Å². The van der Waals surface area contributed by atoms with Crippen molar-refractivity contribution in [1.82, 2.24) is 4.57 Å². The number of hydrogen-bond acceptors (Lipinski definition) is 2. The average molecular weight is 310 g/mol. The number of rotatable bonds is 1. The average Bonchev–Trinajstić information content (AvgIpc) is 2.70. The number of carbonyl (C=O) groups excluding carboxylic acids is 1. The van der Waals surface area contributed by atoms with Crippen molar-refractivity contribution in [2.45, 2.75) is 0 Å². The molecule has 0 unspecified atom stereocenters. The Morgan fingerprint density at radius 3 is 2.47 bits per heavy atom. The van der Waals surface area contributed by atoms with Gasteiger partial charge in [0.25, 0.3) is 5.91 Å². The fourth-order valence-electron chi connectivity index (χ4n) is 1.38. The summed E-state index contributed by atoms with van der Waals surface area (Å²) in [5, 5.41) is 9.37. The summed E-state index contributed by atoms with van der Waals surface area (Å²) in [6.07, 6.45) is 1.56. The number of aromatic nitrogens is 1. The lowest BCUT2D eigenvalue weighted by atomic mass is 10.2. The standard InChI is InChI=1S/C12H6BrClN2O/c13-11-9(7-15)5-6-16(11)12(17)8-1-3-10(14)4-2-8/h1-6H. The van der Waals surface area contributed by atoms with Crippen molar-refractivity contribution >= 4 is 33.4 Å². The molecular formula is C12H6BrClN2O. The van der Waals surface area contributed by atoms with Gasteiger partial charge in [-0.2, -0.15) is 5.26 Å². The van der Waals surface area contributed by atoms with Gasteiger partial charge in [0.05, 0.1) is 5.56 Å². The van der Waals surface area contributed by atoms with Gasteiger partial charge in [0, 0.05) is 16.8 Å². The van der Waals surface area contributed by atoms with Gasteiger partial charge in [-0.05, 0) is 46.3 Å². The second-order valence-corrected chi connectivity index (χ2v) is 4.50. The molecule has 17 heavy (non-hydrogen) atoms. The zero-order chi connectivity index (χ0) is 12.4. The van der Waals surface area contributed by atoms with Gasteiger partial charge in [-0.1, -0.05) is 11.6 Å². The van der Waals surface area contributed by atoms with Crippen LogP contribution in [0.2, 0.25) is 5.02 Å². The van der Waals surface area contributed by atoms with Crippen LogP contribution in [0.25, 0.3) is 0 Å². The van der Waals surface area contributed by atoms with Crippen LogP contribution in [-0.4, -0.2) is 10.5 Å². The second kappa shape index (κ2) is 4.74. The van der Waals surface area contributed by atoms with E-state index in [9.17, 15) is 4.79 Å². The third kappa shape index (κ3) is 2.26. The zero-order valence-corrected chi connectivity index (χ0v) is 10.9. The van der Waals surface area contributed by atoms with E-state index in [4.69, 9.17) is 16.9 Å². The predicted octanol–water partition coefficient (Wildman–Crippen LogP) is 3.46. The highest BCUT2D eigenvalue weighted by Gasteiger charge is 2.13. The van der Waals surface area contributed by atoms with Crippen molar-refractivity contribution in [1.29, 1.82) is 5.26 Å². The molecule has 1 aromatic heterocycles. The van der Waals surface area contributed by atoms with Crippen LogP contribution in [-0.2, 0) is 0 Å². The first kappa shape index (κ1) is 11.9. The van der Waals surface area contributed by atoms with Crippen LogP contribution >= 0.6 is 27.5 Å². The Morgan fingerprint density at radius 2 is 1.94 bits per heavy atom. The molecule has 1 heterocycles. The van der Waals surface area contributed by atoms with Gasteiger partial charge in [-0.15, -0.1) is 0 Å². The zero-order valence-electron chi connectivity index (χ0n) is 8.52. The predicted molar refractivity (Wildman–Crippen MR) is 68.0 cm³/mol. The molecule has 0 N–H and O–H groups in total. The Labute approximate surface area is 111 Å². The van der Waals surface area contributed by atoms with Gasteiger partial charge in [0.1, 0.15) is 10.7 Å². The van der Waals surface area contributed by atoms with Crippen LogP contribution in [0, 0.1) is 11.3 Å². The fourth-order valence-corrected chi connectivity index (χ4v) is 2.01. The summed E-state index contributed by atoms with van der Waals surface area (Å²) < 4.78 is 1.84. The van der Waals surface area contributed by atoms with Crippen molar-refractivity contribution in [2.75, 3.05) is 0 Å². The molecule has 84 valence electrons. The first-order valence-corrected chi connectivity index (χ1v) is 5.88. The molecule has 5 heteroatoms. The lowest BCUT2D eigenvalue weighted by Crippen LogP contribution is -2.10. The van der Waals surface area contributed by atoms with Crippen LogP contribution < -0.4 is 0 Å². The monoisotopic (exact) mass is 308 g/mol. The van der Waals surface area contributed by atoms with Gasteiger partial charge < -0.3 is 0 Å². The minimum Gasteiger partial charge on any atom is -0.276 e. The Kier molecular flexibility index (Phi) is 3.32. The van der Waals surface area contributed by atoms with E-state index < -0.39 is 0 Å². The molecule has 1 aromatic carbocycles. The van der Waals surface area contributed by atoms with E-state index in [1.165, 1.54) is 4.57 Å². The first-order valence-electron chi connectivity index (χ1n) is 4.70. The third-order valence-electron chi connectivity index (χ3n) is 2.25. The fraction of sp³-hybridized carbons (Fsp3) is 0. The van der Waals surface area contributed by atoms with Crippen LogP contribution in [0.1, 0.15) is 15.9 Å². The number of nitriles is 1. The number of benzene rings is 1. The lowest BCUT2D eigenvalue weighted by Gasteiger charge is -2.03. The van der Waals surface area contributed by atoms with Crippen molar-refractivity contribution in [3.05, 3.63) is 57.3 Å². The summed E-state index contributed by atoms with van der Waals surface area (Å²) in [4.78, 5) is 12.1. The van der Waals surface area contributed by atoms with Crippen LogP contribution in [0.4, 0.5) is 0 Å². The Bertz CT molecular complexity index is 610. The van der Waals surface area contributed by atoms with E-state index in [0.717, 1.165) is 0 Å². The smallest absolute Gasteiger partial charge is 0.262 e. The number of hydrogen-bond donors (Lipinski definition) is 0. The van der Waals surface area contributed by atoms with Crippen molar-refractivity contribution in [3.63, 3.8) is 0 Å². The molecule has 0 saturated carbocycles. The van der Waals surface area contributed by atoms with Crippen molar-refractivity contribution in [2.24, 2.45) is 0 Å². The van der Waals surface area contributed by atoms with Gasteiger partial charge in [-0.3, -0.25) is 9.36 Å². The molecular weight excluding hydrogens is 304 g/mol. The van der Waals surface area contributed by atoms with Gasteiger partial charge >= 0.3 is 0 Å². The van der Waals surface area contributed by atoms with E-state index >= 15 is 0 Å². The maximum Gasteiger partial charge on any atom is 0.262 e. The molecule has 0 aliphatic heterocycles. The molecule has 3 nitrogen and oxygen atoms in total. The summed E-state index contributed by atoms with van der Waals surface area (Å²) >= 11 is 8.97. The molecule has 0 spiro atoms. The van der Waals surface area contributed by atoms with Crippen LogP contribution in [0.15, 0.2) is 41.1 Å². The van der Waals surface area contributed by atoms with Crippen LogP contribution in [0.5, 0.6) is 0 Å². The quantitative estimate of drug-likeness (QED) is 0.810. The summed E-state index contributed by atoms with van der Waals surface area (Å²) in [5.41, 5.74) is 0.933. The molecule has 0 aliphatic rings. The summed E-state index contributed by atoms with van der Waals surface area (Å²) in [6.45, 7) is 0. The maximum absolute atomic E-state index is 12.1. The van der Waals surface area contributed by atoms with E-state index in [-0.39, 0.29) is 5.91 Å². The number of halogens is 2. The lowest BCUT2D eigenvalue weighted by molar-refractivity contribution is 0.0958. The molecule has 0 saturated heterocycles. The Balaban J connectivity index is 2.41. The maximum atomic E-state index is 12.1. The highest BCUT2D eigenvalue weighted by molar-refractivity contribution is 9.10. The molecule has 0 atom stereocenters. The number of carbonyl (C=O) groups is 1. The summed E-state index contributed by atoms with van der Waals surface area (Å²) in [7, 11) is 0. The molecule has 2 aromatic rings. The van der Waals surface area contributed by atoms with Gasteiger partial charge in [0.2, 0.25) is 0 Å². The second-order valence-electron chi connectivity index (χ2n) is 3.31. The number of nitrogens with zero attached hydrogens (tertiary/aromatic N) is 2. The van der Waals surface area contributed by atoms with Crippen LogP contribution in [0.3, 0.4) is 0 Å². The largest absolute Gasteiger partial charge is 0.276 e.